The quantitative estimate of drug-likeness (QED) is 0.648. The number of rotatable bonds is 5. The molecule has 0 aliphatic carbocycles. The summed E-state index contributed by atoms with van der Waals surface area (Å²) in [6.07, 6.45) is 1.42. The smallest absolute Gasteiger partial charge is 0.291 e. The van der Waals surface area contributed by atoms with E-state index < -0.39 is 0 Å². The van der Waals surface area contributed by atoms with Gasteiger partial charge in [-0.3, -0.25) is 14.4 Å². The number of carbonyl (C=O) groups is 3. The van der Waals surface area contributed by atoms with Crippen LogP contribution in [-0.2, 0) is 0 Å². The van der Waals surface area contributed by atoms with E-state index >= 15 is 0 Å². The first-order valence-corrected chi connectivity index (χ1v) is 8.15. The van der Waals surface area contributed by atoms with Gasteiger partial charge in [-0.25, -0.2) is 0 Å². The zero-order chi connectivity index (χ0) is 19.2. The zero-order valence-corrected chi connectivity index (χ0v) is 14.5. The highest BCUT2D eigenvalue weighted by Crippen LogP contribution is 2.15. The van der Waals surface area contributed by atoms with Crippen molar-refractivity contribution in [1.29, 1.82) is 0 Å². The van der Waals surface area contributed by atoms with Gasteiger partial charge in [0.2, 0.25) is 0 Å². The second-order valence-electron chi connectivity index (χ2n) is 5.62. The van der Waals surface area contributed by atoms with Crippen molar-refractivity contribution in [2.45, 2.75) is 0 Å². The summed E-state index contributed by atoms with van der Waals surface area (Å²) in [6, 6.07) is 16.2. The van der Waals surface area contributed by atoms with Crippen LogP contribution in [0.25, 0.3) is 0 Å². The van der Waals surface area contributed by atoms with Crippen LogP contribution in [0.3, 0.4) is 0 Å². The highest BCUT2D eigenvalue weighted by Gasteiger charge is 2.11. The van der Waals surface area contributed by atoms with E-state index in [0.29, 0.717) is 22.5 Å². The van der Waals surface area contributed by atoms with Crippen LogP contribution < -0.4 is 16.0 Å². The molecule has 7 heteroatoms. The van der Waals surface area contributed by atoms with Gasteiger partial charge in [-0.15, -0.1) is 0 Å². The second-order valence-corrected chi connectivity index (χ2v) is 5.62. The van der Waals surface area contributed by atoms with Crippen molar-refractivity contribution >= 4 is 29.1 Å². The fourth-order valence-corrected chi connectivity index (χ4v) is 2.39. The molecule has 0 radical (unpaired) electrons. The third-order valence-electron chi connectivity index (χ3n) is 3.76. The summed E-state index contributed by atoms with van der Waals surface area (Å²) in [4.78, 5) is 36.0. The lowest BCUT2D eigenvalue weighted by molar-refractivity contribution is 0.0960. The Morgan fingerprint density at radius 1 is 0.741 bits per heavy atom. The molecule has 0 aliphatic heterocycles. The van der Waals surface area contributed by atoms with Gasteiger partial charge in [0.1, 0.15) is 0 Å². The fraction of sp³-hybridized carbons (Fsp3) is 0.0500. The Bertz CT molecular complexity index is 963. The number of amides is 3. The third kappa shape index (κ3) is 4.40. The SMILES string of the molecule is CNC(=O)c1cccc(NC(=O)c2ccc(NC(=O)c3ccco3)cc2)c1. The van der Waals surface area contributed by atoms with Crippen LogP contribution in [0.1, 0.15) is 31.3 Å². The number of hydrogen-bond donors (Lipinski definition) is 3. The molecule has 3 rings (SSSR count). The molecule has 0 bridgehead atoms. The second kappa shape index (κ2) is 8.01. The van der Waals surface area contributed by atoms with Gasteiger partial charge >= 0.3 is 0 Å². The minimum atomic E-state index is -0.372. The fourth-order valence-electron chi connectivity index (χ4n) is 2.39. The highest BCUT2D eigenvalue weighted by molar-refractivity contribution is 6.06. The molecule has 27 heavy (non-hydrogen) atoms. The Labute approximate surface area is 155 Å². The van der Waals surface area contributed by atoms with Gasteiger partial charge in [-0.05, 0) is 54.6 Å². The number of nitrogens with one attached hydrogen (secondary N) is 3. The highest BCUT2D eigenvalue weighted by atomic mass is 16.3. The minimum absolute atomic E-state index is 0.202. The van der Waals surface area contributed by atoms with E-state index in [9.17, 15) is 14.4 Å². The standard InChI is InChI=1S/C20H17N3O4/c1-21-18(24)14-4-2-5-16(12-14)23-19(25)13-7-9-15(10-8-13)22-20(26)17-6-3-11-27-17/h2-12H,1H3,(H,21,24)(H,22,26)(H,23,25). The van der Waals surface area contributed by atoms with Gasteiger partial charge in [-0.2, -0.15) is 0 Å². The molecule has 0 atom stereocenters. The maximum Gasteiger partial charge on any atom is 0.291 e. The molecule has 7 nitrogen and oxygen atoms in total. The molecule has 0 saturated heterocycles. The van der Waals surface area contributed by atoms with Crippen molar-refractivity contribution in [2.75, 3.05) is 17.7 Å². The van der Waals surface area contributed by atoms with Crippen LogP contribution in [0.2, 0.25) is 0 Å². The predicted octanol–water partition coefficient (Wildman–Crippen LogP) is 3.14. The molecule has 3 N–H and O–H groups in total. The van der Waals surface area contributed by atoms with Gasteiger partial charge in [0.25, 0.3) is 17.7 Å². The first kappa shape index (κ1) is 17.9. The summed E-state index contributed by atoms with van der Waals surface area (Å²) in [5.41, 5.74) is 1.91. The lowest BCUT2D eigenvalue weighted by Gasteiger charge is -2.08. The Hall–Kier alpha value is -3.87. The van der Waals surface area contributed by atoms with E-state index in [1.54, 1.807) is 67.7 Å². The van der Waals surface area contributed by atoms with Gasteiger partial charge in [-0.1, -0.05) is 6.07 Å². The van der Waals surface area contributed by atoms with Crippen LogP contribution >= 0.6 is 0 Å². The topological polar surface area (TPSA) is 100 Å². The maximum atomic E-state index is 12.4. The van der Waals surface area contributed by atoms with Gasteiger partial charge in [0, 0.05) is 29.5 Å². The summed E-state index contributed by atoms with van der Waals surface area (Å²) in [7, 11) is 1.54. The lowest BCUT2D eigenvalue weighted by Crippen LogP contribution is -2.18. The molecule has 3 amide bonds. The third-order valence-corrected chi connectivity index (χ3v) is 3.76. The van der Waals surface area contributed by atoms with Gasteiger partial charge < -0.3 is 20.4 Å². The number of benzene rings is 2. The number of carbonyl (C=O) groups excluding carboxylic acids is 3. The summed E-state index contributed by atoms with van der Waals surface area (Å²) < 4.78 is 5.03. The summed E-state index contributed by atoms with van der Waals surface area (Å²) >= 11 is 0. The minimum Gasteiger partial charge on any atom is -0.459 e. The Morgan fingerprint density at radius 2 is 1.48 bits per heavy atom. The number of hydrogen-bond acceptors (Lipinski definition) is 4. The zero-order valence-electron chi connectivity index (χ0n) is 14.5. The Balaban J connectivity index is 1.65. The molecule has 0 unspecified atom stereocenters. The number of furan rings is 1. The van der Waals surface area contributed by atoms with Crippen LogP contribution in [0.4, 0.5) is 11.4 Å². The van der Waals surface area contributed by atoms with Crippen LogP contribution in [0, 0.1) is 0 Å². The van der Waals surface area contributed by atoms with Crippen LogP contribution in [-0.4, -0.2) is 24.8 Å². The average Bonchev–Trinajstić information content (AvgIpc) is 3.23. The molecule has 136 valence electrons. The van der Waals surface area contributed by atoms with E-state index in [1.807, 2.05) is 0 Å². The van der Waals surface area contributed by atoms with E-state index in [-0.39, 0.29) is 23.5 Å². The normalized spacial score (nSPS) is 10.1. The van der Waals surface area contributed by atoms with Crippen molar-refractivity contribution in [1.82, 2.24) is 5.32 Å². The average molecular weight is 363 g/mol. The van der Waals surface area contributed by atoms with Crippen molar-refractivity contribution in [3.63, 3.8) is 0 Å². The molecular weight excluding hydrogens is 346 g/mol. The van der Waals surface area contributed by atoms with Crippen LogP contribution in [0.5, 0.6) is 0 Å². The van der Waals surface area contributed by atoms with E-state index in [4.69, 9.17) is 4.42 Å². The summed E-state index contributed by atoms with van der Waals surface area (Å²) in [6.45, 7) is 0. The molecule has 3 aromatic rings. The van der Waals surface area contributed by atoms with Crippen molar-refractivity contribution < 1.29 is 18.8 Å². The molecule has 1 heterocycles. The molecule has 0 aliphatic rings. The molecule has 2 aromatic carbocycles. The molecule has 0 spiro atoms. The maximum absolute atomic E-state index is 12.4. The lowest BCUT2D eigenvalue weighted by atomic mass is 10.1. The van der Waals surface area contributed by atoms with Crippen molar-refractivity contribution in [3.8, 4) is 0 Å². The molecule has 0 fully saturated rings. The van der Waals surface area contributed by atoms with E-state index in [2.05, 4.69) is 16.0 Å². The van der Waals surface area contributed by atoms with Gasteiger partial charge in [0.15, 0.2) is 5.76 Å². The van der Waals surface area contributed by atoms with Gasteiger partial charge in [0.05, 0.1) is 6.26 Å². The van der Waals surface area contributed by atoms with Crippen molar-refractivity contribution in [3.05, 3.63) is 83.8 Å². The van der Waals surface area contributed by atoms with Crippen LogP contribution in [0.15, 0.2) is 71.3 Å². The molecular formula is C20H17N3O4. The van der Waals surface area contributed by atoms with E-state index in [1.165, 1.54) is 6.26 Å². The monoisotopic (exact) mass is 363 g/mol. The first-order chi connectivity index (χ1) is 13.1. The first-order valence-electron chi connectivity index (χ1n) is 8.15. The van der Waals surface area contributed by atoms with Crippen molar-refractivity contribution in [2.24, 2.45) is 0 Å². The Kier molecular flexibility index (Phi) is 5.32. The molecule has 0 saturated carbocycles. The van der Waals surface area contributed by atoms with E-state index in [0.717, 1.165) is 0 Å². The predicted molar refractivity (Wildman–Crippen MR) is 101 cm³/mol. The molecule has 1 aromatic heterocycles. The number of anilines is 2. The Morgan fingerprint density at radius 3 is 2.15 bits per heavy atom. The largest absolute Gasteiger partial charge is 0.459 e. The summed E-state index contributed by atoms with van der Waals surface area (Å²) in [5.74, 6) is -0.730. The summed E-state index contributed by atoms with van der Waals surface area (Å²) in [5, 5.41) is 7.95.